The van der Waals surface area contributed by atoms with E-state index in [1.807, 2.05) is 32.2 Å². The number of carbonyl (C=O) groups is 2. The molecule has 4 bridgehead atoms. The topological polar surface area (TPSA) is 51.5 Å². The monoisotopic (exact) mass is 350 g/mol. The molecule has 1 aromatic heterocycles. The number of fused-ring (bicyclic) bond motifs is 4. The van der Waals surface area contributed by atoms with Gasteiger partial charge >= 0.3 is 5.97 Å². The summed E-state index contributed by atoms with van der Waals surface area (Å²) in [6.45, 7) is 2.78. The Kier molecular flexibility index (Phi) is 3.23. The lowest BCUT2D eigenvalue weighted by atomic mass is 9.63. The zero-order valence-corrected chi connectivity index (χ0v) is 15.2. The number of aryl methyl sites for hydroxylation is 1. The summed E-state index contributed by atoms with van der Waals surface area (Å²) in [5.41, 5.74) is 4.25. The van der Waals surface area contributed by atoms with Gasteiger partial charge in [-0.15, -0.1) is 0 Å². The number of carbonyl (C=O) groups excluding carboxylic acids is 2. The van der Waals surface area contributed by atoms with Crippen molar-refractivity contribution in [3.8, 4) is 0 Å². The van der Waals surface area contributed by atoms with Crippen molar-refractivity contribution in [2.24, 2.45) is 18.9 Å². The van der Waals surface area contributed by atoms with Crippen LogP contribution in [0.4, 0.5) is 0 Å². The maximum atomic E-state index is 13.6. The Hall–Kier alpha value is -2.40. The smallest absolute Gasteiger partial charge is 0.311 e. The molecule has 4 aliphatic rings. The molecule has 0 N–H and O–H groups in total. The Morgan fingerprint density at radius 2 is 2.08 bits per heavy atom. The minimum Gasteiger partial charge on any atom is -0.469 e. The number of hydrogen-bond donors (Lipinski definition) is 0. The molecule has 5 nitrogen and oxygen atoms in total. The van der Waals surface area contributed by atoms with Gasteiger partial charge in [-0.25, -0.2) is 0 Å². The zero-order valence-electron chi connectivity index (χ0n) is 15.2. The number of ether oxygens (including phenoxy) is 1. The molecule has 6 rings (SSSR count). The van der Waals surface area contributed by atoms with E-state index in [2.05, 4.69) is 21.6 Å². The van der Waals surface area contributed by atoms with Gasteiger partial charge in [0.05, 0.1) is 25.1 Å². The lowest BCUT2D eigenvalue weighted by molar-refractivity contribution is -0.155. The first kappa shape index (κ1) is 15.8. The summed E-state index contributed by atoms with van der Waals surface area (Å²) in [6, 6.07) is 7.83. The van der Waals surface area contributed by atoms with Gasteiger partial charge in [0.25, 0.3) is 0 Å². The van der Waals surface area contributed by atoms with Crippen LogP contribution in [0.1, 0.15) is 35.4 Å². The minimum atomic E-state index is -0.409. The molecule has 0 aliphatic carbocycles. The van der Waals surface area contributed by atoms with Gasteiger partial charge in [0, 0.05) is 35.8 Å². The van der Waals surface area contributed by atoms with E-state index in [0.717, 1.165) is 35.1 Å². The summed E-state index contributed by atoms with van der Waals surface area (Å²) in [5, 5.41) is 0.999. The number of hydrogen-bond acceptors (Lipinski definition) is 4. The average Bonchev–Trinajstić information content (AvgIpc) is 2.98. The van der Waals surface area contributed by atoms with Crippen molar-refractivity contribution < 1.29 is 14.3 Å². The summed E-state index contributed by atoms with van der Waals surface area (Å²) >= 11 is 0. The van der Waals surface area contributed by atoms with E-state index in [1.165, 1.54) is 12.7 Å². The van der Waals surface area contributed by atoms with Crippen LogP contribution in [0, 0.1) is 11.8 Å². The molecular weight excluding hydrogens is 328 g/mol. The Balaban J connectivity index is 1.77. The number of piperidine rings is 3. The minimum absolute atomic E-state index is 0.0725. The lowest BCUT2D eigenvalue weighted by Crippen LogP contribution is -2.64. The van der Waals surface area contributed by atoms with E-state index in [9.17, 15) is 9.59 Å². The molecule has 134 valence electrons. The first-order chi connectivity index (χ1) is 12.6. The van der Waals surface area contributed by atoms with Crippen molar-refractivity contribution in [2.75, 3.05) is 13.7 Å². The van der Waals surface area contributed by atoms with Crippen molar-refractivity contribution in [2.45, 2.75) is 25.4 Å². The Labute approximate surface area is 152 Å². The van der Waals surface area contributed by atoms with E-state index in [0.29, 0.717) is 0 Å². The Bertz CT molecular complexity index is 987. The summed E-state index contributed by atoms with van der Waals surface area (Å²) in [4.78, 5) is 28.4. The fraction of sp³-hybridized carbons (Fsp3) is 0.429. The fourth-order valence-electron chi connectivity index (χ4n) is 5.59. The standard InChI is InChI=1S/C21H22N2O3/c1-4-11-10-23-15-9-13(11)17(21(25)26-3)19(23)20(24)16-12-7-5-6-8-14(12)22(2)18(15)16/h4-8,13,15,17,19H,9-10H2,1-3H3/b11-4+. The summed E-state index contributed by atoms with van der Waals surface area (Å²) < 4.78 is 7.28. The molecule has 5 heterocycles. The SMILES string of the molecule is C/C=C1\CN2C3CC1C(C(=O)OC)C2C(=O)c1c3n(C)c2ccccc12. The third-order valence-corrected chi connectivity index (χ3v) is 6.68. The summed E-state index contributed by atoms with van der Waals surface area (Å²) in [5.74, 6) is -0.513. The maximum absolute atomic E-state index is 13.6. The van der Waals surface area contributed by atoms with Crippen LogP contribution in [0.3, 0.4) is 0 Å². The van der Waals surface area contributed by atoms with Gasteiger partial charge in [-0.05, 0) is 25.3 Å². The molecule has 5 heteroatoms. The molecule has 0 radical (unpaired) electrons. The number of methoxy groups -OCH3 is 1. The summed E-state index contributed by atoms with van der Waals surface area (Å²) in [7, 11) is 3.47. The number of benzene rings is 1. The third kappa shape index (κ3) is 1.74. The number of ketones is 1. The molecule has 3 fully saturated rings. The summed E-state index contributed by atoms with van der Waals surface area (Å²) in [6.07, 6.45) is 2.97. The average molecular weight is 350 g/mol. The van der Waals surface area contributed by atoms with Crippen LogP contribution in [0.25, 0.3) is 10.9 Å². The second kappa shape index (κ2) is 5.30. The van der Waals surface area contributed by atoms with Gasteiger partial charge in [-0.3, -0.25) is 14.5 Å². The van der Waals surface area contributed by atoms with Crippen molar-refractivity contribution in [1.29, 1.82) is 0 Å². The van der Waals surface area contributed by atoms with Crippen molar-refractivity contribution in [1.82, 2.24) is 9.47 Å². The molecule has 0 amide bonds. The van der Waals surface area contributed by atoms with Crippen molar-refractivity contribution >= 4 is 22.7 Å². The number of rotatable bonds is 1. The molecule has 26 heavy (non-hydrogen) atoms. The number of Topliss-reactive ketones (excluding diaryl/α,β-unsaturated/α-hetero) is 1. The molecule has 0 spiro atoms. The van der Waals surface area contributed by atoms with Crippen LogP contribution in [-0.4, -0.2) is 40.9 Å². The normalized spacial score (nSPS) is 33.6. The van der Waals surface area contributed by atoms with Gasteiger partial charge in [0.2, 0.25) is 0 Å². The molecule has 5 atom stereocenters. The number of esters is 1. The molecule has 2 aromatic rings. The second-order valence-electron chi connectivity index (χ2n) is 7.59. The highest BCUT2D eigenvalue weighted by Crippen LogP contribution is 2.54. The predicted molar refractivity (Wildman–Crippen MR) is 97.9 cm³/mol. The maximum Gasteiger partial charge on any atom is 0.311 e. The largest absolute Gasteiger partial charge is 0.469 e. The van der Waals surface area contributed by atoms with E-state index >= 15 is 0 Å². The molecular formula is C21H22N2O3. The Morgan fingerprint density at radius 1 is 1.31 bits per heavy atom. The van der Waals surface area contributed by atoms with Crippen LogP contribution in [0.15, 0.2) is 35.9 Å². The van der Waals surface area contributed by atoms with Crippen LogP contribution in [0.5, 0.6) is 0 Å². The van der Waals surface area contributed by atoms with Gasteiger partial charge in [0.1, 0.15) is 0 Å². The van der Waals surface area contributed by atoms with Crippen LogP contribution >= 0.6 is 0 Å². The number of para-hydroxylation sites is 1. The zero-order chi connectivity index (χ0) is 18.2. The van der Waals surface area contributed by atoms with E-state index in [1.54, 1.807) is 0 Å². The van der Waals surface area contributed by atoms with Gasteiger partial charge in [0.15, 0.2) is 5.78 Å². The number of nitrogens with zero attached hydrogens (tertiary/aromatic N) is 2. The van der Waals surface area contributed by atoms with Gasteiger partial charge < -0.3 is 9.30 Å². The van der Waals surface area contributed by atoms with Crippen molar-refractivity contribution in [3.63, 3.8) is 0 Å². The van der Waals surface area contributed by atoms with Crippen LogP contribution < -0.4 is 0 Å². The fourth-order valence-corrected chi connectivity index (χ4v) is 5.59. The highest BCUT2D eigenvalue weighted by molar-refractivity contribution is 6.14. The van der Waals surface area contributed by atoms with Gasteiger partial charge in [-0.2, -0.15) is 0 Å². The molecule has 0 saturated carbocycles. The van der Waals surface area contributed by atoms with Crippen molar-refractivity contribution in [3.05, 3.63) is 47.2 Å². The molecule has 5 unspecified atom stereocenters. The first-order valence-corrected chi connectivity index (χ1v) is 9.18. The van der Waals surface area contributed by atoms with E-state index < -0.39 is 12.0 Å². The quantitative estimate of drug-likeness (QED) is 0.586. The lowest BCUT2D eigenvalue weighted by Gasteiger charge is -2.56. The highest BCUT2D eigenvalue weighted by atomic mass is 16.5. The highest BCUT2D eigenvalue weighted by Gasteiger charge is 2.59. The predicted octanol–water partition coefficient (Wildman–Crippen LogP) is 2.86. The van der Waals surface area contributed by atoms with E-state index in [-0.39, 0.29) is 23.7 Å². The molecule has 3 saturated heterocycles. The van der Waals surface area contributed by atoms with Crippen LogP contribution in [0.2, 0.25) is 0 Å². The van der Waals surface area contributed by atoms with Crippen LogP contribution in [-0.2, 0) is 16.6 Å². The Morgan fingerprint density at radius 3 is 2.81 bits per heavy atom. The molecule has 1 aromatic carbocycles. The second-order valence-corrected chi connectivity index (χ2v) is 7.59. The third-order valence-electron chi connectivity index (χ3n) is 6.68. The number of allylic oxidation sites excluding steroid dienone is 1. The first-order valence-electron chi connectivity index (χ1n) is 9.18. The van der Waals surface area contributed by atoms with E-state index in [4.69, 9.17) is 4.74 Å². The van der Waals surface area contributed by atoms with Gasteiger partial charge in [-0.1, -0.05) is 29.8 Å². The molecule has 4 aliphatic heterocycles. The number of aromatic nitrogens is 1.